The first-order chi connectivity index (χ1) is 14.9. The van der Waals surface area contributed by atoms with Crippen LogP contribution in [0, 0.1) is 11.8 Å². The molecule has 0 spiro atoms. The van der Waals surface area contributed by atoms with Gasteiger partial charge < -0.3 is 29.4 Å². The normalized spacial score (nSPS) is 30.0. The molecule has 7 atom stereocenters. The molecule has 0 aliphatic carbocycles. The lowest BCUT2D eigenvalue weighted by Gasteiger charge is -2.25. The summed E-state index contributed by atoms with van der Waals surface area (Å²) in [6.07, 6.45) is -7.52. The number of phosphoric ester groups is 1. The van der Waals surface area contributed by atoms with Crippen LogP contribution in [0.25, 0.3) is 0 Å². The molecule has 0 bridgehead atoms. The van der Waals surface area contributed by atoms with Gasteiger partial charge in [0, 0.05) is 0 Å². The summed E-state index contributed by atoms with van der Waals surface area (Å²) in [4.78, 5) is 60.8. The maximum Gasteiger partial charge on any atom is 0.490 e. The van der Waals surface area contributed by atoms with E-state index in [-0.39, 0.29) is 0 Å². The predicted octanol–water partition coefficient (Wildman–Crippen LogP) is -1.35. The van der Waals surface area contributed by atoms with Crippen LogP contribution in [0.2, 0.25) is 0 Å². The Bertz CT molecular complexity index is 1220. The van der Waals surface area contributed by atoms with Crippen molar-refractivity contribution in [2.75, 3.05) is 0 Å². The highest BCUT2D eigenvalue weighted by Gasteiger charge is 2.60. The van der Waals surface area contributed by atoms with Crippen molar-refractivity contribution in [3.05, 3.63) is 27.0 Å². The van der Waals surface area contributed by atoms with Gasteiger partial charge in [-0.3, -0.25) is 14.3 Å². The second-order valence-corrected chi connectivity index (χ2v) is 10.7. The third kappa shape index (κ3) is 6.74. The topological polar surface area (TPSA) is 257 Å². The number of hydrogen-bond acceptors (Lipinski definition) is 11. The molecule has 3 unspecified atom stereocenters. The van der Waals surface area contributed by atoms with E-state index in [4.69, 9.17) is 14.5 Å². The maximum atomic E-state index is 15.6. The van der Waals surface area contributed by atoms with E-state index in [1.165, 1.54) is 6.92 Å². The summed E-state index contributed by atoms with van der Waals surface area (Å²) < 4.78 is 66.8. The highest BCUT2D eigenvalue weighted by Crippen LogP contribution is 2.66. The molecule has 6 N–H and O–H groups in total. The lowest BCUT2D eigenvalue weighted by Crippen LogP contribution is -2.46. The van der Waals surface area contributed by atoms with Crippen LogP contribution in [-0.4, -0.2) is 63.4 Å². The molecule has 0 radical (unpaired) electrons. The largest absolute Gasteiger partial charge is 0.490 e. The van der Waals surface area contributed by atoms with Crippen molar-refractivity contribution in [1.82, 2.24) is 14.8 Å². The van der Waals surface area contributed by atoms with Crippen LogP contribution in [0.4, 0.5) is 4.39 Å². The predicted molar refractivity (Wildman–Crippen MR) is 101 cm³/mol. The van der Waals surface area contributed by atoms with Gasteiger partial charge in [0.05, 0.1) is 6.10 Å². The zero-order chi connectivity index (χ0) is 25.4. The highest BCUT2D eigenvalue weighted by molar-refractivity contribution is 7.66. The van der Waals surface area contributed by atoms with E-state index >= 15 is 4.39 Å². The van der Waals surface area contributed by atoms with Crippen molar-refractivity contribution in [3.63, 3.8) is 0 Å². The van der Waals surface area contributed by atoms with Gasteiger partial charge in [-0.1, -0.05) is 5.92 Å². The van der Waals surface area contributed by atoms with Gasteiger partial charge in [-0.25, -0.2) is 22.9 Å². The Labute approximate surface area is 182 Å². The summed E-state index contributed by atoms with van der Waals surface area (Å²) in [5.41, 5.74) is -5.25. The Morgan fingerprint density at radius 3 is 2.36 bits per heavy atom. The third-order valence-electron chi connectivity index (χ3n) is 3.84. The first kappa shape index (κ1) is 27.7. The minimum absolute atomic E-state index is 0.298. The summed E-state index contributed by atoms with van der Waals surface area (Å²) >= 11 is 0. The molecular formula is C12H17FN3O14P3. The number of hydrogen-bond donors (Lipinski definition) is 6. The van der Waals surface area contributed by atoms with E-state index in [1.807, 2.05) is 5.92 Å². The van der Waals surface area contributed by atoms with Gasteiger partial charge in [-0.2, -0.15) is 18.4 Å². The number of halogens is 1. The molecule has 17 nitrogen and oxygen atoms in total. The van der Waals surface area contributed by atoms with E-state index in [9.17, 15) is 38.2 Å². The van der Waals surface area contributed by atoms with Crippen molar-refractivity contribution < 1.29 is 60.6 Å². The molecule has 21 heteroatoms. The fraction of sp³-hybridized carbons (Fsp3) is 0.583. The molecule has 186 valence electrons. The van der Waals surface area contributed by atoms with Crippen LogP contribution in [-0.2, 0) is 31.6 Å². The van der Waals surface area contributed by atoms with Crippen LogP contribution in [0.1, 0.15) is 20.1 Å². The van der Waals surface area contributed by atoms with Crippen molar-refractivity contribution in [2.24, 2.45) is 0 Å². The van der Waals surface area contributed by atoms with E-state index in [1.54, 1.807) is 4.98 Å². The maximum absolute atomic E-state index is 15.6. The Kier molecular flexibility index (Phi) is 8.04. The number of phosphoric acid groups is 3. The number of rotatable bonds is 8. The Hall–Kier alpha value is -1.57. The van der Waals surface area contributed by atoms with Gasteiger partial charge in [0.25, 0.3) is 5.56 Å². The zero-order valence-electron chi connectivity index (χ0n) is 16.4. The molecule has 1 aromatic rings. The highest BCUT2D eigenvalue weighted by atomic mass is 31.3. The average molecular weight is 539 g/mol. The van der Waals surface area contributed by atoms with Crippen LogP contribution in [0.5, 0.6) is 0 Å². The number of aromatic nitrogens is 3. The van der Waals surface area contributed by atoms with Gasteiger partial charge in [0.2, 0.25) is 11.9 Å². The molecule has 1 aromatic heterocycles. The molecule has 1 saturated heterocycles. The number of aliphatic hydroxyl groups excluding tert-OH is 1. The number of H-pyrrole nitrogens is 1. The van der Waals surface area contributed by atoms with Crippen LogP contribution >= 0.6 is 23.5 Å². The number of alkyl halides is 1. The van der Waals surface area contributed by atoms with E-state index < -0.39 is 64.9 Å². The van der Waals surface area contributed by atoms with Gasteiger partial charge in [-0.05, 0) is 13.8 Å². The number of nitrogens with one attached hydrogen (secondary N) is 1. The van der Waals surface area contributed by atoms with Gasteiger partial charge >= 0.3 is 29.2 Å². The van der Waals surface area contributed by atoms with Gasteiger partial charge in [0.1, 0.15) is 18.4 Å². The van der Waals surface area contributed by atoms with E-state index in [0.717, 1.165) is 6.92 Å². The monoisotopic (exact) mass is 539 g/mol. The van der Waals surface area contributed by atoms with Crippen LogP contribution < -0.4 is 11.2 Å². The summed E-state index contributed by atoms with van der Waals surface area (Å²) in [7, 11) is -17.1. The average Bonchev–Trinajstić information content (AvgIpc) is 2.83. The fourth-order valence-electron chi connectivity index (χ4n) is 2.74. The molecule has 1 aliphatic rings. The van der Waals surface area contributed by atoms with E-state index in [2.05, 4.69) is 24.2 Å². The number of aliphatic hydroxyl groups is 1. The van der Waals surface area contributed by atoms with Crippen molar-refractivity contribution in [2.45, 2.75) is 44.1 Å². The quantitative estimate of drug-likeness (QED) is 0.165. The molecule has 0 amide bonds. The standard InChI is InChI=1S/C12H17FN3O14P3/c1-3-4-12(13)9(18)8(27-10(12)16-11(19)15-7(17)5-14-16)6(2)28-32(23,24)30-33(25,26)29-31(20,21)22/h5-6,8-10,18H,1-2H3,(H,23,24)(H,25,26)(H,15,17,19)(H2,20,21,22)/t6-,8+,9-,10+,12?/m0/s1. The zero-order valence-corrected chi connectivity index (χ0v) is 19.1. The SMILES string of the molecule is CC#CC1(F)[C@@H](O)[C@@H]([C@H](C)OP(=O)(O)OP(=O)(O)OP(=O)(O)O)O[C@H]1n1ncc(=O)[nH]c1=O. The van der Waals surface area contributed by atoms with Gasteiger partial charge in [0.15, 0.2) is 0 Å². The molecule has 2 rings (SSSR count). The van der Waals surface area contributed by atoms with Gasteiger partial charge in [-0.15, -0.1) is 5.92 Å². The van der Waals surface area contributed by atoms with Crippen molar-refractivity contribution in [1.29, 1.82) is 0 Å². The molecular weight excluding hydrogens is 522 g/mol. The van der Waals surface area contributed by atoms with E-state index in [0.29, 0.717) is 10.9 Å². The Morgan fingerprint density at radius 2 is 1.85 bits per heavy atom. The van der Waals surface area contributed by atoms with Crippen LogP contribution in [0.15, 0.2) is 15.8 Å². The van der Waals surface area contributed by atoms with Crippen LogP contribution in [0.3, 0.4) is 0 Å². The minimum Gasteiger partial charge on any atom is -0.386 e. The molecule has 33 heavy (non-hydrogen) atoms. The first-order valence-corrected chi connectivity index (χ1v) is 12.9. The molecule has 0 saturated carbocycles. The third-order valence-corrected chi connectivity index (χ3v) is 7.77. The molecule has 0 aromatic carbocycles. The van der Waals surface area contributed by atoms with Crippen molar-refractivity contribution >= 4 is 23.5 Å². The lowest BCUT2D eigenvalue weighted by molar-refractivity contribution is -0.0829. The number of ether oxygens (including phenoxy) is 1. The van der Waals surface area contributed by atoms with Crippen molar-refractivity contribution in [3.8, 4) is 11.8 Å². The molecule has 1 fully saturated rings. The fourth-order valence-corrected chi connectivity index (χ4v) is 5.94. The summed E-state index contributed by atoms with van der Waals surface area (Å²) in [5.74, 6) is 4.14. The Balaban J connectivity index is 2.32. The lowest BCUT2D eigenvalue weighted by atomic mass is 9.94. The number of aromatic amines is 1. The Morgan fingerprint density at radius 1 is 1.24 bits per heavy atom. The summed E-state index contributed by atoms with van der Waals surface area (Å²) in [6, 6.07) is 0. The molecule has 2 heterocycles. The summed E-state index contributed by atoms with van der Waals surface area (Å²) in [6.45, 7) is 2.09. The molecule has 1 aliphatic heterocycles. The second kappa shape index (κ2) is 9.59. The second-order valence-electron chi connectivity index (χ2n) is 6.33. The number of nitrogens with zero attached hydrogens (tertiary/aromatic N) is 2. The smallest absolute Gasteiger partial charge is 0.386 e. The first-order valence-electron chi connectivity index (χ1n) is 8.37. The minimum atomic E-state index is -5.84. The summed E-state index contributed by atoms with van der Waals surface area (Å²) in [5, 5.41) is 13.8.